The Hall–Kier alpha value is 0.462. The summed E-state index contributed by atoms with van der Waals surface area (Å²) in [5, 5.41) is 3.12. The van der Waals surface area contributed by atoms with Crippen molar-refractivity contribution in [1.82, 2.24) is 0 Å². The van der Waals surface area contributed by atoms with Crippen LogP contribution in [0.5, 0.6) is 0 Å². The van der Waals surface area contributed by atoms with Crippen LogP contribution in [0.15, 0.2) is 0 Å². The molecule has 1 radical (unpaired) electrons. The van der Waals surface area contributed by atoms with Gasteiger partial charge in [0.25, 0.3) is 0 Å². The van der Waals surface area contributed by atoms with E-state index in [4.69, 9.17) is 0 Å². The van der Waals surface area contributed by atoms with Crippen molar-refractivity contribution in [2.24, 2.45) is 0 Å². The van der Waals surface area contributed by atoms with E-state index < -0.39 is 0 Å². The molecule has 0 heterocycles. The molecular formula is C12H27AlF. The van der Waals surface area contributed by atoms with Crippen molar-refractivity contribution in [2.45, 2.75) is 75.8 Å². The summed E-state index contributed by atoms with van der Waals surface area (Å²) in [6.45, 7) is 4.58. The van der Waals surface area contributed by atoms with Crippen LogP contribution in [-0.4, -0.2) is 15.2 Å². The van der Waals surface area contributed by atoms with Crippen molar-refractivity contribution in [1.29, 1.82) is 0 Å². The minimum absolute atomic E-state index is 0. The molecule has 0 spiro atoms. The Morgan fingerprint density at radius 2 is 1.07 bits per heavy atom. The van der Waals surface area contributed by atoms with Gasteiger partial charge in [-0.2, -0.15) is 0 Å². The van der Waals surface area contributed by atoms with Crippen LogP contribution < -0.4 is 0 Å². The Morgan fingerprint density at radius 1 is 0.643 bits per heavy atom. The molecule has 0 saturated heterocycles. The number of rotatable bonds is 10. The second kappa shape index (κ2) is 15.9. The Balaban J connectivity index is 0. The van der Waals surface area contributed by atoms with Gasteiger partial charge in [-0.25, -0.2) is 0 Å². The summed E-state index contributed by atoms with van der Waals surface area (Å²) in [7, 11) is 0. The van der Waals surface area contributed by atoms with Crippen LogP contribution in [-0.2, 0) is 0 Å². The fourth-order valence-electron chi connectivity index (χ4n) is 1.58. The summed E-state index contributed by atoms with van der Waals surface area (Å²) < 4.78 is 0. The Kier molecular flexibility index (Phi) is 19.2. The van der Waals surface area contributed by atoms with Crippen molar-refractivity contribution in [3.05, 3.63) is 0 Å². The summed E-state index contributed by atoms with van der Waals surface area (Å²) in [4.78, 5) is 0. The molecule has 2 heteroatoms. The second-order valence-corrected chi connectivity index (χ2v) is 5.72. The van der Waals surface area contributed by atoms with Crippen molar-refractivity contribution in [2.75, 3.05) is 0 Å². The standard InChI is InChI=1S/2C6H13.Al.FH/c2*1-3-5-6-4-2;;/h2*1,3-6H2,2H3;;1H. The molecule has 0 bridgehead atoms. The largest absolute Gasteiger partial charge is 0.269 e. The quantitative estimate of drug-likeness (QED) is 0.363. The van der Waals surface area contributed by atoms with Gasteiger partial charge in [-0.05, 0) is 0 Å². The van der Waals surface area contributed by atoms with Gasteiger partial charge in [-0.15, -0.1) is 10.6 Å². The van der Waals surface area contributed by atoms with Crippen molar-refractivity contribution >= 4 is 15.2 Å². The Bertz CT molecular complexity index is 76.4. The van der Waals surface area contributed by atoms with Gasteiger partial charge in [0, 0.05) is 0 Å². The normalized spacial score (nSPS) is 9.57. The van der Waals surface area contributed by atoms with Crippen molar-refractivity contribution in [3.8, 4) is 0 Å². The molecule has 0 aliphatic rings. The van der Waals surface area contributed by atoms with Gasteiger partial charge in [0.15, 0.2) is 15.2 Å². The molecule has 0 saturated carbocycles. The van der Waals surface area contributed by atoms with E-state index >= 15 is 0 Å². The fraction of sp³-hybridized carbons (Fsp3) is 1.00. The number of hydrogen-bond donors (Lipinski definition) is 0. The van der Waals surface area contributed by atoms with Crippen LogP contribution in [0.4, 0.5) is 4.70 Å². The van der Waals surface area contributed by atoms with Gasteiger partial charge in [0.1, 0.15) is 0 Å². The average Bonchev–Trinajstić information content (AvgIpc) is 2.16. The molecular weight excluding hydrogens is 190 g/mol. The first kappa shape index (κ1) is 16.9. The molecule has 0 nitrogen and oxygen atoms in total. The molecule has 0 aromatic rings. The zero-order valence-corrected chi connectivity index (χ0v) is 11.2. The SMILES string of the molecule is CCCCC[CH2][Al][CH2]CCCCC.F. The van der Waals surface area contributed by atoms with Gasteiger partial charge in [-0.1, -0.05) is 65.2 Å². The topological polar surface area (TPSA) is 0 Å². The first-order valence-corrected chi connectivity index (χ1v) is 7.86. The number of unbranched alkanes of at least 4 members (excludes halogenated alkanes) is 6. The first-order valence-electron chi connectivity index (χ1n) is 6.23. The first-order chi connectivity index (χ1) is 6.41. The maximum atomic E-state index is 2.29. The molecule has 0 aliphatic heterocycles. The smallest absolute Gasteiger partial charge is 0.199 e. The zero-order valence-electron chi connectivity index (χ0n) is 10.1. The van der Waals surface area contributed by atoms with E-state index in [-0.39, 0.29) is 4.70 Å². The summed E-state index contributed by atoms with van der Waals surface area (Å²) in [5.41, 5.74) is 0. The van der Waals surface area contributed by atoms with Crippen LogP contribution in [0.2, 0.25) is 10.6 Å². The van der Waals surface area contributed by atoms with E-state index in [9.17, 15) is 0 Å². The lowest BCUT2D eigenvalue weighted by molar-refractivity contribution is 0.689. The van der Waals surface area contributed by atoms with Gasteiger partial charge >= 0.3 is 0 Å². The molecule has 0 rings (SSSR count). The van der Waals surface area contributed by atoms with Gasteiger partial charge in [-0.3, -0.25) is 4.70 Å². The summed E-state index contributed by atoms with van der Waals surface area (Å²) >= 11 is 0.805. The highest BCUT2D eigenvalue weighted by molar-refractivity contribution is 6.35. The predicted molar refractivity (Wildman–Crippen MR) is 66.2 cm³/mol. The highest BCUT2D eigenvalue weighted by atomic mass is 27.1. The third kappa shape index (κ3) is 15.0. The van der Waals surface area contributed by atoms with Crippen LogP contribution in [0.3, 0.4) is 0 Å². The van der Waals surface area contributed by atoms with Crippen molar-refractivity contribution < 1.29 is 4.70 Å². The van der Waals surface area contributed by atoms with E-state index in [0.717, 1.165) is 15.2 Å². The highest BCUT2D eigenvalue weighted by Gasteiger charge is 1.93. The monoisotopic (exact) mass is 217 g/mol. The predicted octanol–water partition coefficient (Wildman–Crippen LogP) is 4.84. The Morgan fingerprint density at radius 3 is 1.43 bits per heavy atom. The van der Waals surface area contributed by atoms with Crippen LogP contribution in [0.1, 0.15) is 65.2 Å². The van der Waals surface area contributed by atoms with E-state index in [1.807, 2.05) is 0 Å². The number of halogens is 1. The summed E-state index contributed by atoms with van der Waals surface area (Å²) in [5.74, 6) is 0. The molecule has 0 amide bonds. The van der Waals surface area contributed by atoms with E-state index in [1.165, 1.54) is 51.4 Å². The highest BCUT2D eigenvalue weighted by Crippen LogP contribution is 2.06. The maximum absolute atomic E-state index is 2.29. The average molecular weight is 217 g/mol. The van der Waals surface area contributed by atoms with Gasteiger partial charge in [0.2, 0.25) is 0 Å². The fourth-order valence-corrected chi connectivity index (χ4v) is 3.02. The van der Waals surface area contributed by atoms with Gasteiger partial charge < -0.3 is 0 Å². The zero-order chi connectivity index (χ0) is 9.78. The molecule has 85 valence electrons. The minimum Gasteiger partial charge on any atom is -0.269 e. The lowest BCUT2D eigenvalue weighted by Crippen LogP contribution is -1.89. The molecule has 0 N–H and O–H groups in total. The van der Waals surface area contributed by atoms with Crippen LogP contribution >= 0.6 is 0 Å². The number of hydrogen-bond acceptors (Lipinski definition) is 0. The Labute approximate surface area is 95.9 Å². The lowest BCUT2D eigenvalue weighted by atomic mass is 10.2. The van der Waals surface area contributed by atoms with Crippen molar-refractivity contribution in [3.63, 3.8) is 0 Å². The minimum atomic E-state index is 0. The van der Waals surface area contributed by atoms with Crippen LogP contribution in [0, 0.1) is 0 Å². The lowest BCUT2D eigenvalue weighted by Gasteiger charge is -1.99. The summed E-state index contributed by atoms with van der Waals surface area (Å²) in [6, 6.07) is 0. The van der Waals surface area contributed by atoms with Crippen LogP contribution in [0.25, 0.3) is 0 Å². The molecule has 0 atom stereocenters. The third-order valence-electron chi connectivity index (χ3n) is 2.52. The molecule has 0 unspecified atom stereocenters. The maximum Gasteiger partial charge on any atom is 0.199 e. The second-order valence-electron chi connectivity index (χ2n) is 3.99. The molecule has 14 heavy (non-hydrogen) atoms. The molecule has 0 aromatic heterocycles. The molecule has 0 fully saturated rings. The molecule has 0 aliphatic carbocycles. The van der Waals surface area contributed by atoms with E-state index in [0.29, 0.717) is 0 Å². The third-order valence-corrected chi connectivity index (χ3v) is 4.16. The van der Waals surface area contributed by atoms with Gasteiger partial charge in [0.05, 0.1) is 0 Å². The van der Waals surface area contributed by atoms with E-state index in [2.05, 4.69) is 13.8 Å². The van der Waals surface area contributed by atoms with E-state index in [1.54, 1.807) is 10.6 Å². The molecule has 0 aromatic carbocycles. The summed E-state index contributed by atoms with van der Waals surface area (Å²) in [6.07, 6.45) is 11.7.